The first-order chi connectivity index (χ1) is 7.13. The molecule has 1 aliphatic rings. The van der Waals surface area contributed by atoms with E-state index >= 15 is 0 Å². The molecule has 1 fully saturated rings. The fourth-order valence-electron chi connectivity index (χ4n) is 1.42. The molecule has 0 radical (unpaired) electrons. The highest BCUT2D eigenvalue weighted by atomic mass is 16.5. The van der Waals surface area contributed by atoms with E-state index in [2.05, 4.69) is 10.6 Å². The van der Waals surface area contributed by atoms with Crippen molar-refractivity contribution >= 4 is 11.8 Å². The van der Waals surface area contributed by atoms with Crippen LogP contribution in [0, 0.1) is 0 Å². The van der Waals surface area contributed by atoms with Gasteiger partial charge >= 0.3 is 0 Å². The maximum atomic E-state index is 11.5. The summed E-state index contributed by atoms with van der Waals surface area (Å²) in [4.78, 5) is 22.3. The van der Waals surface area contributed by atoms with Gasteiger partial charge in [0.25, 0.3) is 0 Å². The highest BCUT2D eigenvalue weighted by Crippen LogP contribution is 2.02. The number of amides is 2. The summed E-state index contributed by atoms with van der Waals surface area (Å²) in [6.07, 6.45) is 1.11. The lowest BCUT2D eigenvalue weighted by molar-refractivity contribution is -0.127. The number of rotatable bonds is 4. The Labute approximate surface area is 88.5 Å². The van der Waals surface area contributed by atoms with Gasteiger partial charge in [0.15, 0.2) is 0 Å². The zero-order valence-corrected chi connectivity index (χ0v) is 8.79. The summed E-state index contributed by atoms with van der Waals surface area (Å²) < 4.78 is 4.78. The Morgan fingerprint density at radius 3 is 3.07 bits per heavy atom. The van der Waals surface area contributed by atoms with Crippen LogP contribution in [0.2, 0.25) is 0 Å². The number of nitrogens with one attached hydrogen (secondary N) is 2. The van der Waals surface area contributed by atoms with Crippen molar-refractivity contribution in [3.05, 3.63) is 0 Å². The van der Waals surface area contributed by atoms with Crippen LogP contribution in [-0.2, 0) is 14.3 Å². The van der Waals surface area contributed by atoms with Gasteiger partial charge in [-0.2, -0.15) is 0 Å². The van der Waals surface area contributed by atoms with Crippen molar-refractivity contribution < 1.29 is 14.3 Å². The second-order valence-electron chi connectivity index (χ2n) is 3.61. The van der Waals surface area contributed by atoms with Crippen LogP contribution in [0.1, 0.15) is 12.8 Å². The molecular weight excluding hydrogens is 198 g/mol. The highest BCUT2D eigenvalue weighted by Gasteiger charge is 2.22. The van der Waals surface area contributed by atoms with Gasteiger partial charge in [-0.25, -0.2) is 0 Å². The summed E-state index contributed by atoms with van der Waals surface area (Å²) in [5.41, 5.74) is 5.55. The predicted molar refractivity (Wildman–Crippen MR) is 54.0 cm³/mol. The summed E-state index contributed by atoms with van der Waals surface area (Å²) in [5, 5.41) is 5.45. The summed E-state index contributed by atoms with van der Waals surface area (Å²) in [7, 11) is 1.49. The maximum Gasteiger partial charge on any atom is 0.239 e. The Hall–Kier alpha value is -1.14. The number of methoxy groups -OCH3 is 1. The summed E-state index contributed by atoms with van der Waals surface area (Å²) >= 11 is 0. The Bertz CT molecular complexity index is 235. The molecule has 0 saturated carbocycles. The van der Waals surface area contributed by atoms with Gasteiger partial charge in [0.05, 0.1) is 6.61 Å². The lowest BCUT2D eigenvalue weighted by Crippen LogP contribution is -2.53. The zero-order valence-electron chi connectivity index (χ0n) is 8.79. The Morgan fingerprint density at radius 1 is 1.80 bits per heavy atom. The minimum atomic E-state index is -0.646. The van der Waals surface area contributed by atoms with Gasteiger partial charge in [-0.15, -0.1) is 0 Å². The number of piperidine rings is 1. The van der Waals surface area contributed by atoms with E-state index in [-0.39, 0.29) is 24.5 Å². The van der Waals surface area contributed by atoms with Crippen molar-refractivity contribution in [2.24, 2.45) is 5.73 Å². The Kier molecular flexibility index (Phi) is 4.51. The molecule has 0 aromatic heterocycles. The molecular formula is C9H17N3O3. The van der Waals surface area contributed by atoms with Crippen molar-refractivity contribution in [2.45, 2.75) is 24.9 Å². The van der Waals surface area contributed by atoms with Gasteiger partial charge in [-0.05, 0) is 6.42 Å². The zero-order chi connectivity index (χ0) is 11.3. The minimum absolute atomic E-state index is 0.0156. The second-order valence-corrected chi connectivity index (χ2v) is 3.61. The molecule has 86 valence electrons. The molecule has 0 aliphatic carbocycles. The van der Waals surface area contributed by atoms with Gasteiger partial charge in [0.1, 0.15) is 6.04 Å². The number of hydrogen-bond acceptors (Lipinski definition) is 4. The van der Waals surface area contributed by atoms with E-state index in [0.717, 1.165) is 0 Å². The van der Waals surface area contributed by atoms with Crippen molar-refractivity contribution in [1.29, 1.82) is 0 Å². The average Bonchev–Trinajstić information content (AvgIpc) is 2.22. The maximum absolute atomic E-state index is 11.5. The van der Waals surface area contributed by atoms with E-state index < -0.39 is 6.04 Å². The quantitative estimate of drug-likeness (QED) is 0.524. The molecule has 2 amide bonds. The summed E-state index contributed by atoms with van der Waals surface area (Å²) in [6, 6.07) is -0.661. The standard InChI is InChI=1S/C9H17N3O3/c1-15-5-7(10)9(14)12-6-2-3-8(13)11-4-6/h6-7H,2-5,10H2,1H3,(H,11,13)(H,12,14). The second kappa shape index (κ2) is 5.67. The van der Waals surface area contributed by atoms with E-state index in [1.165, 1.54) is 7.11 Å². The normalized spacial score (nSPS) is 23.1. The van der Waals surface area contributed by atoms with Crippen molar-refractivity contribution in [1.82, 2.24) is 10.6 Å². The van der Waals surface area contributed by atoms with Crippen LogP contribution in [0.5, 0.6) is 0 Å². The SMILES string of the molecule is COCC(N)C(=O)NC1CCC(=O)NC1. The van der Waals surface area contributed by atoms with Crippen LogP contribution >= 0.6 is 0 Å². The first-order valence-corrected chi connectivity index (χ1v) is 4.95. The van der Waals surface area contributed by atoms with E-state index in [1.807, 2.05) is 0 Å². The lowest BCUT2D eigenvalue weighted by atomic mass is 10.1. The van der Waals surface area contributed by atoms with Gasteiger partial charge in [-0.1, -0.05) is 0 Å². The fourth-order valence-corrected chi connectivity index (χ4v) is 1.42. The number of nitrogens with two attached hydrogens (primary N) is 1. The van der Waals surface area contributed by atoms with Gasteiger partial charge < -0.3 is 21.1 Å². The predicted octanol–water partition coefficient (Wildman–Crippen LogP) is -1.65. The topological polar surface area (TPSA) is 93.4 Å². The van der Waals surface area contributed by atoms with E-state index in [0.29, 0.717) is 19.4 Å². The average molecular weight is 215 g/mol. The number of hydrogen-bond donors (Lipinski definition) is 3. The molecule has 6 heteroatoms. The molecule has 1 saturated heterocycles. The molecule has 1 heterocycles. The summed E-state index contributed by atoms with van der Waals surface area (Å²) in [5.74, 6) is -0.209. The monoisotopic (exact) mass is 215 g/mol. The first-order valence-electron chi connectivity index (χ1n) is 4.95. The van der Waals surface area contributed by atoms with Crippen LogP contribution in [0.15, 0.2) is 0 Å². The first kappa shape index (κ1) is 11.9. The number of ether oxygens (including phenoxy) is 1. The van der Waals surface area contributed by atoms with Gasteiger partial charge in [0, 0.05) is 26.1 Å². The van der Waals surface area contributed by atoms with E-state index in [9.17, 15) is 9.59 Å². The van der Waals surface area contributed by atoms with Crippen molar-refractivity contribution in [2.75, 3.05) is 20.3 Å². The molecule has 2 atom stereocenters. The molecule has 6 nitrogen and oxygen atoms in total. The third-order valence-corrected chi connectivity index (χ3v) is 2.29. The third kappa shape index (κ3) is 3.85. The Morgan fingerprint density at radius 2 is 2.53 bits per heavy atom. The molecule has 2 unspecified atom stereocenters. The van der Waals surface area contributed by atoms with Crippen LogP contribution in [0.4, 0.5) is 0 Å². The van der Waals surface area contributed by atoms with Crippen LogP contribution in [0.3, 0.4) is 0 Å². The molecule has 0 bridgehead atoms. The number of carbonyl (C=O) groups is 2. The summed E-state index contributed by atoms with van der Waals surface area (Å²) in [6.45, 7) is 0.676. The van der Waals surface area contributed by atoms with E-state index in [1.54, 1.807) is 0 Å². The van der Waals surface area contributed by atoms with E-state index in [4.69, 9.17) is 10.5 Å². The molecule has 4 N–H and O–H groups in total. The van der Waals surface area contributed by atoms with Gasteiger partial charge in [0.2, 0.25) is 11.8 Å². The largest absolute Gasteiger partial charge is 0.383 e. The highest BCUT2D eigenvalue weighted by molar-refractivity contribution is 5.82. The van der Waals surface area contributed by atoms with Gasteiger partial charge in [-0.3, -0.25) is 9.59 Å². The lowest BCUT2D eigenvalue weighted by Gasteiger charge is -2.24. The van der Waals surface area contributed by atoms with Crippen molar-refractivity contribution in [3.8, 4) is 0 Å². The smallest absolute Gasteiger partial charge is 0.239 e. The minimum Gasteiger partial charge on any atom is -0.383 e. The fraction of sp³-hybridized carbons (Fsp3) is 0.778. The molecule has 0 aromatic carbocycles. The van der Waals surface area contributed by atoms with Crippen molar-refractivity contribution in [3.63, 3.8) is 0 Å². The number of carbonyl (C=O) groups excluding carboxylic acids is 2. The van der Waals surface area contributed by atoms with Crippen LogP contribution < -0.4 is 16.4 Å². The third-order valence-electron chi connectivity index (χ3n) is 2.29. The molecule has 0 spiro atoms. The molecule has 1 rings (SSSR count). The molecule has 0 aromatic rings. The van der Waals surface area contributed by atoms with Crippen LogP contribution in [0.25, 0.3) is 0 Å². The molecule has 15 heavy (non-hydrogen) atoms. The Balaban J connectivity index is 2.28. The molecule has 1 aliphatic heterocycles. The van der Waals surface area contributed by atoms with Crippen LogP contribution in [-0.4, -0.2) is 44.2 Å².